The number of likely N-dealkylation sites (tertiary alicyclic amines) is 1. The summed E-state index contributed by atoms with van der Waals surface area (Å²) in [5.41, 5.74) is 3.96. The molecule has 0 bridgehead atoms. The van der Waals surface area contributed by atoms with E-state index in [2.05, 4.69) is 29.4 Å². The van der Waals surface area contributed by atoms with Gasteiger partial charge in [-0.25, -0.2) is 9.97 Å². The Bertz CT molecular complexity index is 875. The Morgan fingerprint density at radius 1 is 1.08 bits per heavy atom. The third kappa shape index (κ3) is 3.48. The molecule has 0 spiro atoms. The summed E-state index contributed by atoms with van der Waals surface area (Å²) in [5.74, 6) is 1.36. The molecule has 26 heavy (non-hydrogen) atoms. The van der Waals surface area contributed by atoms with E-state index in [1.54, 1.807) is 12.4 Å². The topological polar surface area (TPSA) is 72.6 Å². The first-order valence-corrected chi connectivity index (χ1v) is 8.98. The molecule has 0 radical (unpaired) electrons. The molecule has 3 aromatic heterocycles. The molecule has 7 nitrogen and oxygen atoms in total. The second-order valence-electron chi connectivity index (χ2n) is 6.85. The van der Waals surface area contributed by atoms with E-state index in [-0.39, 0.29) is 0 Å². The van der Waals surface area contributed by atoms with Crippen LogP contribution in [0.5, 0.6) is 0 Å². The van der Waals surface area contributed by atoms with Crippen molar-refractivity contribution in [3.63, 3.8) is 0 Å². The molecule has 0 aliphatic carbocycles. The first kappa shape index (κ1) is 16.8. The van der Waals surface area contributed by atoms with Crippen molar-refractivity contribution in [2.45, 2.75) is 32.2 Å². The van der Waals surface area contributed by atoms with Crippen molar-refractivity contribution in [1.82, 2.24) is 34.4 Å². The molecule has 0 saturated carbocycles. The third-order valence-corrected chi connectivity index (χ3v) is 5.06. The molecule has 1 saturated heterocycles. The fourth-order valence-corrected chi connectivity index (χ4v) is 3.52. The van der Waals surface area contributed by atoms with E-state index >= 15 is 0 Å². The lowest BCUT2D eigenvalue weighted by Crippen LogP contribution is -2.34. The number of imidazole rings is 1. The van der Waals surface area contributed by atoms with Crippen LogP contribution in [0.4, 0.5) is 0 Å². The van der Waals surface area contributed by atoms with Crippen LogP contribution in [0.15, 0.2) is 37.2 Å². The highest BCUT2D eigenvalue weighted by Crippen LogP contribution is 2.27. The van der Waals surface area contributed by atoms with Gasteiger partial charge >= 0.3 is 0 Å². The van der Waals surface area contributed by atoms with E-state index in [1.165, 1.54) is 0 Å². The monoisotopic (exact) mass is 349 g/mol. The number of aryl methyl sites for hydroxylation is 1. The summed E-state index contributed by atoms with van der Waals surface area (Å²) >= 11 is 0. The first-order valence-electron chi connectivity index (χ1n) is 8.98. The van der Waals surface area contributed by atoms with Crippen LogP contribution in [0.2, 0.25) is 0 Å². The lowest BCUT2D eigenvalue weighted by atomic mass is 9.95. The van der Waals surface area contributed by atoms with E-state index in [0.29, 0.717) is 5.92 Å². The Morgan fingerprint density at radius 2 is 2.00 bits per heavy atom. The number of hydrogen-bond donors (Lipinski definition) is 0. The van der Waals surface area contributed by atoms with Crippen LogP contribution in [0.25, 0.3) is 11.4 Å². The summed E-state index contributed by atoms with van der Waals surface area (Å²) in [6.45, 7) is 4.88. The van der Waals surface area contributed by atoms with E-state index in [9.17, 15) is 0 Å². The zero-order chi connectivity index (χ0) is 17.9. The van der Waals surface area contributed by atoms with Gasteiger partial charge in [0.15, 0.2) is 0 Å². The minimum atomic E-state index is 0.391. The van der Waals surface area contributed by atoms with Gasteiger partial charge in [-0.15, -0.1) is 0 Å². The van der Waals surface area contributed by atoms with E-state index in [4.69, 9.17) is 4.98 Å². The molecule has 0 aromatic carbocycles. The van der Waals surface area contributed by atoms with E-state index in [1.807, 2.05) is 38.8 Å². The van der Waals surface area contributed by atoms with Gasteiger partial charge in [-0.05, 0) is 26.3 Å². The number of piperidine rings is 1. The van der Waals surface area contributed by atoms with Gasteiger partial charge in [0.1, 0.15) is 11.5 Å². The van der Waals surface area contributed by atoms with Crippen molar-refractivity contribution in [3.8, 4) is 11.4 Å². The third-order valence-electron chi connectivity index (χ3n) is 5.06. The maximum atomic E-state index is 4.90. The van der Waals surface area contributed by atoms with Gasteiger partial charge in [-0.1, -0.05) is 0 Å². The zero-order valence-corrected chi connectivity index (χ0v) is 15.2. The summed E-state index contributed by atoms with van der Waals surface area (Å²) in [7, 11) is 2.01. The maximum Gasteiger partial charge on any atom is 0.107 e. The standard InChI is InChI=1S/C19H23N7/c1-14-23-11-19(25(14)2)18-10-21-9-17(24-18)15-4-3-7-26(12-15)13-16-8-20-5-6-22-16/h5-6,8-11,15H,3-4,7,12-13H2,1-2H3/t15-/m0/s1. The van der Waals surface area contributed by atoms with Gasteiger partial charge in [0.2, 0.25) is 0 Å². The minimum Gasteiger partial charge on any atom is -0.330 e. The highest BCUT2D eigenvalue weighted by Gasteiger charge is 2.23. The van der Waals surface area contributed by atoms with Crippen molar-refractivity contribution < 1.29 is 0 Å². The van der Waals surface area contributed by atoms with Gasteiger partial charge in [-0.2, -0.15) is 0 Å². The van der Waals surface area contributed by atoms with Gasteiger partial charge in [0.05, 0.1) is 29.5 Å². The smallest absolute Gasteiger partial charge is 0.107 e. The van der Waals surface area contributed by atoms with Crippen molar-refractivity contribution >= 4 is 0 Å². The second-order valence-corrected chi connectivity index (χ2v) is 6.85. The van der Waals surface area contributed by atoms with Crippen LogP contribution >= 0.6 is 0 Å². The van der Waals surface area contributed by atoms with Crippen LogP contribution < -0.4 is 0 Å². The molecule has 1 aliphatic rings. The Hall–Kier alpha value is -2.67. The van der Waals surface area contributed by atoms with Gasteiger partial charge in [0.25, 0.3) is 0 Å². The van der Waals surface area contributed by atoms with Crippen molar-refractivity contribution in [3.05, 3.63) is 54.4 Å². The molecule has 1 fully saturated rings. The molecule has 0 amide bonds. The van der Waals surface area contributed by atoms with Crippen molar-refractivity contribution in [2.24, 2.45) is 7.05 Å². The highest BCUT2D eigenvalue weighted by atomic mass is 15.1. The Morgan fingerprint density at radius 3 is 2.77 bits per heavy atom. The molecular formula is C19H23N7. The molecule has 3 aromatic rings. The van der Waals surface area contributed by atoms with Crippen LogP contribution in [0.3, 0.4) is 0 Å². The molecule has 134 valence electrons. The Kier molecular flexibility index (Phi) is 4.71. The predicted molar refractivity (Wildman–Crippen MR) is 98.3 cm³/mol. The normalized spacial score (nSPS) is 18.2. The largest absolute Gasteiger partial charge is 0.330 e. The Labute approximate surface area is 153 Å². The summed E-state index contributed by atoms with van der Waals surface area (Å²) in [6, 6.07) is 0. The lowest BCUT2D eigenvalue weighted by molar-refractivity contribution is 0.196. The number of rotatable bonds is 4. The molecule has 7 heteroatoms. The molecule has 1 aliphatic heterocycles. The molecule has 0 N–H and O–H groups in total. The maximum absolute atomic E-state index is 4.90. The van der Waals surface area contributed by atoms with Gasteiger partial charge < -0.3 is 4.57 Å². The van der Waals surface area contributed by atoms with Crippen LogP contribution in [-0.4, -0.2) is 47.5 Å². The van der Waals surface area contributed by atoms with Crippen LogP contribution in [0.1, 0.15) is 36.0 Å². The summed E-state index contributed by atoms with van der Waals surface area (Å²) in [5, 5.41) is 0. The van der Waals surface area contributed by atoms with Gasteiger partial charge in [0, 0.05) is 50.8 Å². The average molecular weight is 349 g/mol. The SMILES string of the molecule is Cc1ncc(-c2cncc([C@H]3CCCN(Cc4cnccn4)C3)n2)n1C. The van der Waals surface area contributed by atoms with Gasteiger partial charge in [-0.3, -0.25) is 19.9 Å². The first-order chi connectivity index (χ1) is 12.7. The average Bonchev–Trinajstić information content (AvgIpc) is 3.02. The Balaban J connectivity index is 1.52. The molecule has 1 atom stereocenters. The van der Waals surface area contributed by atoms with Crippen molar-refractivity contribution in [1.29, 1.82) is 0 Å². The fourth-order valence-electron chi connectivity index (χ4n) is 3.52. The lowest BCUT2D eigenvalue weighted by Gasteiger charge is -2.32. The highest BCUT2D eigenvalue weighted by molar-refractivity contribution is 5.53. The number of nitrogens with zero attached hydrogens (tertiary/aromatic N) is 7. The predicted octanol–water partition coefficient (Wildman–Crippen LogP) is 2.36. The van der Waals surface area contributed by atoms with E-state index < -0.39 is 0 Å². The summed E-state index contributed by atoms with van der Waals surface area (Å²) in [6.07, 6.45) is 13.2. The van der Waals surface area contributed by atoms with E-state index in [0.717, 1.165) is 61.1 Å². The fraction of sp³-hybridized carbons (Fsp3) is 0.421. The number of hydrogen-bond acceptors (Lipinski definition) is 6. The second kappa shape index (κ2) is 7.29. The molecule has 0 unspecified atom stereocenters. The molecular weight excluding hydrogens is 326 g/mol. The summed E-state index contributed by atoms with van der Waals surface area (Å²) in [4.78, 5) is 24.7. The summed E-state index contributed by atoms with van der Waals surface area (Å²) < 4.78 is 2.05. The zero-order valence-electron chi connectivity index (χ0n) is 15.2. The van der Waals surface area contributed by atoms with Crippen LogP contribution in [-0.2, 0) is 13.6 Å². The number of aromatic nitrogens is 6. The minimum absolute atomic E-state index is 0.391. The van der Waals surface area contributed by atoms with Crippen LogP contribution in [0, 0.1) is 6.92 Å². The van der Waals surface area contributed by atoms with Crippen molar-refractivity contribution in [2.75, 3.05) is 13.1 Å². The quantitative estimate of drug-likeness (QED) is 0.720. The molecule has 4 rings (SSSR count). The molecule has 4 heterocycles.